The van der Waals surface area contributed by atoms with Crippen molar-refractivity contribution in [2.75, 3.05) is 12.4 Å². The molecule has 0 aliphatic heterocycles. The third kappa shape index (κ3) is 2.26. The van der Waals surface area contributed by atoms with Gasteiger partial charge in [0.1, 0.15) is 11.3 Å². The molecule has 4 aliphatic rings. The van der Waals surface area contributed by atoms with Crippen molar-refractivity contribution in [1.29, 1.82) is 0 Å². The summed E-state index contributed by atoms with van der Waals surface area (Å²) in [6.07, 6.45) is 7.75. The van der Waals surface area contributed by atoms with Crippen LogP contribution in [0.2, 0.25) is 0 Å². The minimum Gasteiger partial charge on any atom is -0.380 e. The fourth-order valence-electron chi connectivity index (χ4n) is 5.80. The summed E-state index contributed by atoms with van der Waals surface area (Å²) in [5.74, 6) is 1.11. The Morgan fingerprint density at radius 1 is 1.32 bits per heavy atom. The number of hydrogen-bond donors (Lipinski definition) is 3. The first-order valence-corrected chi connectivity index (χ1v) is 9.20. The standard InChI is InChI=1S/C19H23FN4O/c1-21-18(25)14-9-23-17-13(2-3-22-17)16(14)24-15-11-4-10-5-12(15)8-19(20,6-10)7-11/h2-3,9-12,15H,4-8H2,1H3,(H,21,25)(H2,22,23,24)/t10?,11-,12+,15+,19-. The van der Waals surface area contributed by atoms with E-state index in [1.54, 1.807) is 13.2 Å². The van der Waals surface area contributed by atoms with Crippen molar-refractivity contribution in [3.05, 3.63) is 24.0 Å². The maximum absolute atomic E-state index is 15.0. The first-order chi connectivity index (χ1) is 12.1. The number of alkyl halides is 1. The van der Waals surface area contributed by atoms with Crippen molar-refractivity contribution >= 4 is 22.6 Å². The van der Waals surface area contributed by atoms with E-state index in [1.165, 1.54) is 0 Å². The Kier molecular flexibility index (Phi) is 3.15. The van der Waals surface area contributed by atoms with E-state index in [1.807, 2.05) is 12.3 Å². The Labute approximate surface area is 145 Å². The average Bonchev–Trinajstić information content (AvgIpc) is 3.04. The predicted molar refractivity (Wildman–Crippen MR) is 94.3 cm³/mol. The zero-order valence-electron chi connectivity index (χ0n) is 14.3. The van der Waals surface area contributed by atoms with Crippen LogP contribution in [0.4, 0.5) is 10.1 Å². The summed E-state index contributed by atoms with van der Waals surface area (Å²) in [5.41, 5.74) is 1.20. The second-order valence-corrected chi connectivity index (χ2v) is 8.16. The number of pyridine rings is 1. The van der Waals surface area contributed by atoms with E-state index in [0.29, 0.717) is 36.2 Å². The van der Waals surface area contributed by atoms with E-state index in [4.69, 9.17) is 0 Å². The second kappa shape index (κ2) is 5.19. The lowest BCUT2D eigenvalue weighted by Crippen LogP contribution is -2.57. The highest BCUT2D eigenvalue weighted by Gasteiger charge is 2.56. The number of aromatic amines is 1. The third-order valence-corrected chi connectivity index (χ3v) is 6.57. The number of halogens is 1. The number of carbonyl (C=O) groups is 1. The van der Waals surface area contributed by atoms with Gasteiger partial charge in [0, 0.05) is 30.9 Å². The summed E-state index contributed by atoms with van der Waals surface area (Å²) >= 11 is 0. The van der Waals surface area contributed by atoms with Crippen LogP contribution in [0.3, 0.4) is 0 Å². The van der Waals surface area contributed by atoms with Crippen LogP contribution in [-0.2, 0) is 0 Å². The van der Waals surface area contributed by atoms with Gasteiger partial charge in [0.05, 0.1) is 11.3 Å². The molecule has 4 bridgehead atoms. The summed E-state index contributed by atoms with van der Waals surface area (Å²) in [6.45, 7) is 0. The molecule has 1 amide bonds. The molecular formula is C19H23FN4O. The Bertz CT molecular complexity index is 831. The molecule has 2 aromatic heterocycles. The van der Waals surface area contributed by atoms with Gasteiger partial charge in [0.15, 0.2) is 0 Å². The number of nitrogens with one attached hydrogen (secondary N) is 3. The lowest BCUT2D eigenvalue weighted by Gasteiger charge is -2.57. The van der Waals surface area contributed by atoms with Crippen molar-refractivity contribution in [2.24, 2.45) is 17.8 Å². The number of aromatic nitrogens is 2. The number of amides is 1. The van der Waals surface area contributed by atoms with Crippen LogP contribution in [0.5, 0.6) is 0 Å². The SMILES string of the molecule is CNC(=O)c1cnc2[nH]ccc2c1N[C@H]1[C@@H]2CC3C[C@H]1C[C@@](F)(C3)C2. The van der Waals surface area contributed by atoms with Crippen LogP contribution >= 0.6 is 0 Å². The van der Waals surface area contributed by atoms with E-state index in [2.05, 4.69) is 20.6 Å². The lowest BCUT2D eigenvalue weighted by molar-refractivity contribution is -0.0800. The Morgan fingerprint density at radius 3 is 2.76 bits per heavy atom. The summed E-state index contributed by atoms with van der Waals surface area (Å²) < 4.78 is 15.0. The molecule has 1 unspecified atom stereocenters. The van der Waals surface area contributed by atoms with Gasteiger partial charge in [-0.25, -0.2) is 9.37 Å². The van der Waals surface area contributed by atoms with Crippen molar-refractivity contribution in [1.82, 2.24) is 15.3 Å². The second-order valence-electron chi connectivity index (χ2n) is 8.16. The van der Waals surface area contributed by atoms with Gasteiger partial charge in [-0.2, -0.15) is 0 Å². The van der Waals surface area contributed by atoms with Crippen LogP contribution in [0.15, 0.2) is 18.5 Å². The van der Waals surface area contributed by atoms with Crippen LogP contribution in [0, 0.1) is 17.8 Å². The van der Waals surface area contributed by atoms with E-state index < -0.39 is 5.67 Å². The highest BCUT2D eigenvalue weighted by atomic mass is 19.1. The van der Waals surface area contributed by atoms with Gasteiger partial charge in [0.2, 0.25) is 0 Å². The fourth-order valence-corrected chi connectivity index (χ4v) is 5.80. The van der Waals surface area contributed by atoms with Crippen LogP contribution < -0.4 is 10.6 Å². The largest absolute Gasteiger partial charge is 0.380 e. The molecule has 0 radical (unpaired) electrons. The minimum atomic E-state index is -0.944. The number of hydrogen-bond acceptors (Lipinski definition) is 3. The van der Waals surface area contributed by atoms with Crippen molar-refractivity contribution in [3.8, 4) is 0 Å². The molecule has 0 saturated heterocycles. The normalized spacial score (nSPS) is 35.9. The van der Waals surface area contributed by atoms with Gasteiger partial charge < -0.3 is 15.6 Å². The molecule has 2 heterocycles. The van der Waals surface area contributed by atoms with Gasteiger partial charge in [-0.3, -0.25) is 4.79 Å². The topological polar surface area (TPSA) is 69.8 Å². The molecule has 5 atom stereocenters. The van der Waals surface area contributed by atoms with Crippen molar-refractivity contribution in [3.63, 3.8) is 0 Å². The van der Waals surface area contributed by atoms with Crippen LogP contribution in [0.25, 0.3) is 11.0 Å². The van der Waals surface area contributed by atoms with Crippen LogP contribution in [0.1, 0.15) is 42.5 Å². The first kappa shape index (κ1) is 15.2. The zero-order valence-corrected chi connectivity index (χ0v) is 14.3. The number of rotatable bonds is 3. The zero-order chi connectivity index (χ0) is 17.2. The van der Waals surface area contributed by atoms with Gasteiger partial charge in [0.25, 0.3) is 5.91 Å². The molecule has 132 valence electrons. The van der Waals surface area contributed by atoms with Gasteiger partial charge in [-0.1, -0.05) is 0 Å². The van der Waals surface area contributed by atoms with Crippen LogP contribution in [-0.4, -0.2) is 34.6 Å². The Hall–Kier alpha value is -2.11. The number of nitrogens with zero attached hydrogens (tertiary/aromatic N) is 1. The van der Waals surface area contributed by atoms with E-state index >= 15 is 0 Å². The van der Waals surface area contributed by atoms with E-state index in [-0.39, 0.29) is 11.9 Å². The van der Waals surface area contributed by atoms with E-state index in [9.17, 15) is 9.18 Å². The Balaban J connectivity index is 1.54. The molecule has 6 rings (SSSR count). The first-order valence-electron chi connectivity index (χ1n) is 9.20. The molecule has 3 N–H and O–H groups in total. The quantitative estimate of drug-likeness (QED) is 0.802. The molecule has 4 saturated carbocycles. The molecule has 0 aromatic carbocycles. The summed E-state index contributed by atoms with van der Waals surface area (Å²) in [7, 11) is 1.63. The minimum absolute atomic E-state index is 0.149. The molecule has 4 fully saturated rings. The fraction of sp³-hybridized carbons (Fsp3) is 0.579. The highest BCUT2D eigenvalue weighted by Crippen LogP contribution is 2.58. The smallest absolute Gasteiger partial charge is 0.254 e. The monoisotopic (exact) mass is 342 g/mol. The third-order valence-electron chi connectivity index (χ3n) is 6.57. The number of anilines is 1. The lowest BCUT2D eigenvalue weighted by atomic mass is 9.53. The van der Waals surface area contributed by atoms with Crippen molar-refractivity contribution in [2.45, 2.75) is 43.8 Å². The molecule has 25 heavy (non-hydrogen) atoms. The molecule has 5 nitrogen and oxygen atoms in total. The maximum Gasteiger partial charge on any atom is 0.254 e. The predicted octanol–water partition coefficient (Wildman–Crippen LogP) is 3.25. The molecule has 2 aromatic rings. The molecule has 4 aliphatic carbocycles. The van der Waals surface area contributed by atoms with E-state index in [0.717, 1.165) is 36.0 Å². The van der Waals surface area contributed by atoms with Gasteiger partial charge in [-0.15, -0.1) is 0 Å². The van der Waals surface area contributed by atoms with Gasteiger partial charge in [-0.05, 0) is 55.9 Å². The number of fused-ring (bicyclic) bond motifs is 1. The summed E-state index contributed by atoms with van der Waals surface area (Å²) in [4.78, 5) is 19.8. The van der Waals surface area contributed by atoms with Crippen molar-refractivity contribution < 1.29 is 9.18 Å². The molecular weight excluding hydrogens is 319 g/mol. The summed E-state index contributed by atoms with van der Waals surface area (Å²) in [6, 6.07) is 2.19. The highest BCUT2D eigenvalue weighted by molar-refractivity contribution is 6.06. The number of H-pyrrole nitrogens is 1. The Morgan fingerprint density at radius 2 is 2.08 bits per heavy atom. The average molecular weight is 342 g/mol. The van der Waals surface area contributed by atoms with Gasteiger partial charge >= 0.3 is 0 Å². The molecule has 0 spiro atoms. The molecule has 6 heteroatoms. The number of carbonyl (C=O) groups excluding carboxylic acids is 1. The maximum atomic E-state index is 15.0. The summed E-state index contributed by atoms with van der Waals surface area (Å²) in [5, 5.41) is 7.29.